The van der Waals surface area contributed by atoms with Crippen LogP contribution in [0.5, 0.6) is 0 Å². The number of anilines is 1. The molecule has 4 aromatic rings. The minimum atomic E-state index is -0.163. The van der Waals surface area contributed by atoms with E-state index in [4.69, 9.17) is 5.10 Å². The van der Waals surface area contributed by atoms with Crippen molar-refractivity contribution in [1.82, 2.24) is 24.5 Å². The van der Waals surface area contributed by atoms with Gasteiger partial charge in [-0.25, -0.2) is 9.67 Å². The summed E-state index contributed by atoms with van der Waals surface area (Å²) >= 11 is 0. The van der Waals surface area contributed by atoms with Crippen LogP contribution in [-0.4, -0.2) is 30.5 Å². The van der Waals surface area contributed by atoms with Crippen LogP contribution < -0.4 is 5.32 Å². The first-order chi connectivity index (χ1) is 15.2. The number of aromatic nitrogens is 5. The largest absolute Gasteiger partial charge is 0.310 e. The molecule has 3 aromatic heterocycles. The van der Waals surface area contributed by atoms with Crippen LogP contribution >= 0.6 is 0 Å². The number of rotatable bonds is 5. The summed E-state index contributed by atoms with van der Waals surface area (Å²) < 4.78 is 3.57. The van der Waals surface area contributed by atoms with Crippen molar-refractivity contribution < 1.29 is 4.79 Å². The lowest BCUT2D eigenvalue weighted by Crippen LogP contribution is -2.18. The molecule has 1 aromatic carbocycles. The van der Waals surface area contributed by atoms with Gasteiger partial charge in [-0.3, -0.25) is 4.79 Å². The van der Waals surface area contributed by atoms with Crippen molar-refractivity contribution in [2.24, 2.45) is 0 Å². The van der Waals surface area contributed by atoms with E-state index in [1.165, 1.54) is 0 Å². The maximum atomic E-state index is 13.1. The Kier molecular flexibility index (Phi) is 5.65. The predicted octanol–water partition coefficient (Wildman–Crippen LogP) is 4.55. The van der Waals surface area contributed by atoms with Crippen LogP contribution in [0.3, 0.4) is 0 Å². The zero-order chi connectivity index (χ0) is 22.9. The maximum absolute atomic E-state index is 13.1. The molecular formula is C25H28N6O. The average Bonchev–Trinajstić information content (AvgIpc) is 3.31. The molecule has 0 atom stereocenters. The van der Waals surface area contributed by atoms with Gasteiger partial charge in [0.2, 0.25) is 5.91 Å². The monoisotopic (exact) mass is 428 g/mol. The Morgan fingerprint density at radius 2 is 1.69 bits per heavy atom. The Hall–Kier alpha value is -3.74. The van der Waals surface area contributed by atoms with Gasteiger partial charge >= 0.3 is 0 Å². The molecule has 0 bridgehead atoms. The summed E-state index contributed by atoms with van der Waals surface area (Å²) in [6.07, 6.45) is 1.94. The molecule has 1 N–H and O–H groups in total. The molecule has 0 saturated heterocycles. The van der Waals surface area contributed by atoms with E-state index >= 15 is 0 Å². The molecule has 1 amide bonds. The fraction of sp³-hybridized carbons (Fsp3) is 0.280. The molecule has 0 saturated carbocycles. The lowest BCUT2D eigenvalue weighted by atomic mass is 9.92. The van der Waals surface area contributed by atoms with Crippen molar-refractivity contribution in [3.05, 3.63) is 83.4 Å². The minimum absolute atomic E-state index is 0.124. The second kappa shape index (κ2) is 8.42. The van der Waals surface area contributed by atoms with Gasteiger partial charge in [-0.15, -0.1) is 0 Å². The fourth-order valence-corrected chi connectivity index (χ4v) is 3.59. The number of para-hydroxylation sites is 1. The van der Waals surface area contributed by atoms with E-state index in [0.29, 0.717) is 11.6 Å². The van der Waals surface area contributed by atoms with Gasteiger partial charge in [0.1, 0.15) is 5.82 Å². The first kappa shape index (κ1) is 21.5. The zero-order valence-corrected chi connectivity index (χ0v) is 19.1. The third-order valence-corrected chi connectivity index (χ3v) is 5.39. The van der Waals surface area contributed by atoms with Crippen molar-refractivity contribution in [3.8, 4) is 11.5 Å². The Labute approximate surface area is 188 Å². The second-order valence-corrected chi connectivity index (χ2v) is 8.89. The third-order valence-electron chi connectivity index (χ3n) is 5.39. The summed E-state index contributed by atoms with van der Waals surface area (Å²) in [5.41, 5.74) is 4.41. The molecule has 0 unspecified atom stereocenters. The minimum Gasteiger partial charge on any atom is -0.310 e. The van der Waals surface area contributed by atoms with Gasteiger partial charge in [0.15, 0.2) is 5.82 Å². The van der Waals surface area contributed by atoms with Gasteiger partial charge < -0.3 is 5.32 Å². The molecule has 164 valence electrons. The highest BCUT2D eigenvalue weighted by Gasteiger charge is 2.23. The molecular weight excluding hydrogens is 400 g/mol. The van der Waals surface area contributed by atoms with Gasteiger partial charge in [-0.05, 0) is 38.1 Å². The zero-order valence-electron chi connectivity index (χ0n) is 19.1. The first-order valence-corrected chi connectivity index (χ1v) is 10.7. The van der Waals surface area contributed by atoms with Crippen LogP contribution in [0.1, 0.15) is 43.4 Å². The summed E-state index contributed by atoms with van der Waals surface area (Å²) in [6, 6.07) is 17.5. The Morgan fingerprint density at radius 1 is 0.969 bits per heavy atom. The number of pyridine rings is 1. The molecule has 0 radical (unpaired) electrons. The van der Waals surface area contributed by atoms with E-state index in [1.807, 2.05) is 73.1 Å². The van der Waals surface area contributed by atoms with Crippen LogP contribution in [0.2, 0.25) is 0 Å². The molecule has 0 fully saturated rings. The van der Waals surface area contributed by atoms with E-state index in [9.17, 15) is 4.79 Å². The highest BCUT2D eigenvalue weighted by atomic mass is 16.1. The third kappa shape index (κ3) is 4.32. The van der Waals surface area contributed by atoms with Gasteiger partial charge in [0.25, 0.3) is 0 Å². The van der Waals surface area contributed by atoms with Gasteiger partial charge in [0, 0.05) is 28.9 Å². The topological polar surface area (TPSA) is 77.6 Å². The van der Waals surface area contributed by atoms with Crippen molar-refractivity contribution in [2.45, 2.75) is 46.5 Å². The van der Waals surface area contributed by atoms with Crippen molar-refractivity contribution in [1.29, 1.82) is 0 Å². The smallest absolute Gasteiger partial charge is 0.230 e. The molecule has 0 spiro atoms. The lowest BCUT2D eigenvalue weighted by Gasteiger charge is -2.13. The number of nitrogens with one attached hydrogen (secondary N) is 1. The summed E-state index contributed by atoms with van der Waals surface area (Å²) in [6.45, 7) is 10.2. The highest BCUT2D eigenvalue weighted by Crippen LogP contribution is 2.26. The highest BCUT2D eigenvalue weighted by molar-refractivity contribution is 5.92. The number of amides is 1. The molecule has 7 nitrogen and oxygen atoms in total. The Bertz CT molecular complexity index is 1230. The lowest BCUT2D eigenvalue weighted by molar-refractivity contribution is -0.115. The number of benzene rings is 1. The van der Waals surface area contributed by atoms with E-state index in [0.717, 1.165) is 28.3 Å². The number of carbonyl (C=O) groups excluding carboxylic acids is 1. The summed E-state index contributed by atoms with van der Waals surface area (Å²) in [5.74, 6) is 1.13. The number of aryl methyl sites for hydroxylation is 1. The fourth-order valence-electron chi connectivity index (χ4n) is 3.59. The normalized spacial score (nSPS) is 11.5. The van der Waals surface area contributed by atoms with E-state index < -0.39 is 0 Å². The molecule has 0 aliphatic carbocycles. The quantitative estimate of drug-likeness (QED) is 0.506. The van der Waals surface area contributed by atoms with Crippen molar-refractivity contribution in [3.63, 3.8) is 0 Å². The number of hydrogen-bond donors (Lipinski definition) is 1. The summed E-state index contributed by atoms with van der Waals surface area (Å²) in [7, 11) is 0. The van der Waals surface area contributed by atoms with Gasteiger partial charge in [0.05, 0.1) is 23.5 Å². The molecule has 7 heteroatoms. The van der Waals surface area contributed by atoms with Crippen LogP contribution in [0.25, 0.3) is 11.5 Å². The molecule has 0 aliphatic rings. The number of hydrogen-bond acceptors (Lipinski definition) is 4. The standard InChI is InChI=1S/C25H28N6O/c1-17-20(18(2)30(28-17)19-11-7-6-8-12-19)15-24(32)27-23-16-21(25(3,4)5)29-31(23)22-13-9-10-14-26-22/h6-14,16H,15H2,1-5H3,(H,27,32). The van der Waals surface area contributed by atoms with Gasteiger partial charge in [-0.1, -0.05) is 45.0 Å². The second-order valence-electron chi connectivity index (χ2n) is 8.89. The average molecular weight is 429 g/mol. The number of carbonyl (C=O) groups is 1. The first-order valence-electron chi connectivity index (χ1n) is 10.7. The van der Waals surface area contributed by atoms with Crippen molar-refractivity contribution >= 4 is 11.7 Å². The van der Waals surface area contributed by atoms with Crippen LogP contribution in [-0.2, 0) is 16.6 Å². The van der Waals surface area contributed by atoms with Crippen molar-refractivity contribution in [2.75, 3.05) is 5.32 Å². The van der Waals surface area contributed by atoms with E-state index in [-0.39, 0.29) is 17.7 Å². The summed E-state index contributed by atoms with van der Waals surface area (Å²) in [4.78, 5) is 17.5. The number of nitrogens with zero attached hydrogens (tertiary/aromatic N) is 5. The molecule has 3 heterocycles. The predicted molar refractivity (Wildman–Crippen MR) is 125 cm³/mol. The van der Waals surface area contributed by atoms with Gasteiger partial charge in [-0.2, -0.15) is 14.9 Å². The SMILES string of the molecule is Cc1nn(-c2ccccc2)c(C)c1CC(=O)Nc1cc(C(C)(C)C)nn1-c1ccccn1. The van der Waals surface area contributed by atoms with Crippen LogP contribution in [0.4, 0.5) is 5.82 Å². The van der Waals surface area contributed by atoms with E-state index in [1.54, 1.807) is 10.9 Å². The summed E-state index contributed by atoms with van der Waals surface area (Å²) in [5, 5.41) is 12.4. The molecule has 4 rings (SSSR count). The maximum Gasteiger partial charge on any atom is 0.230 e. The molecule has 32 heavy (non-hydrogen) atoms. The Balaban J connectivity index is 1.62. The van der Waals surface area contributed by atoms with E-state index in [2.05, 4.69) is 36.2 Å². The molecule has 0 aliphatic heterocycles. The van der Waals surface area contributed by atoms with Crippen LogP contribution in [0.15, 0.2) is 60.8 Å². The van der Waals surface area contributed by atoms with Crippen LogP contribution in [0, 0.1) is 13.8 Å². The Morgan fingerprint density at radius 3 is 2.34 bits per heavy atom.